The second-order valence-electron chi connectivity index (χ2n) is 6.58. The molecule has 0 aliphatic carbocycles. The Kier molecular flexibility index (Phi) is 10.3. The Morgan fingerprint density at radius 1 is 1.41 bits per heavy atom. The summed E-state index contributed by atoms with van der Waals surface area (Å²) in [6.07, 6.45) is -3.70. The second-order valence-corrected chi connectivity index (χ2v) is 8.11. The number of nitrogens with zero attached hydrogens (tertiary/aromatic N) is 1. The number of hydrogen-bond donors (Lipinski definition) is 3. The van der Waals surface area contributed by atoms with Crippen LogP contribution < -0.4 is 10.6 Å². The van der Waals surface area contributed by atoms with Gasteiger partial charge in [0.1, 0.15) is 18.4 Å². The van der Waals surface area contributed by atoms with Crippen molar-refractivity contribution in [3.05, 3.63) is 26.9 Å². The van der Waals surface area contributed by atoms with Crippen LogP contribution in [0.1, 0.15) is 39.5 Å². The summed E-state index contributed by atoms with van der Waals surface area (Å²) < 4.78 is 42.3. The summed E-state index contributed by atoms with van der Waals surface area (Å²) in [5.41, 5.74) is -0.00202. The van der Waals surface area contributed by atoms with Crippen LogP contribution in [0.25, 0.3) is 0 Å². The molecule has 1 heterocycles. The number of aliphatic hydroxyl groups excluding tert-OH is 1. The topological polar surface area (TPSA) is 132 Å². The molecule has 2 unspecified atom stereocenters. The molecule has 0 radical (unpaired) electrons. The van der Waals surface area contributed by atoms with Gasteiger partial charge in [-0.3, -0.25) is 23.7 Å². The van der Waals surface area contributed by atoms with Gasteiger partial charge in [0.15, 0.2) is 4.77 Å². The maximum absolute atomic E-state index is 13.5. The van der Waals surface area contributed by atoms with Crippen molar-refractivity contribution in [2.45, 2.75) is 65.5 Å². The number of rotatable bonds is 11. The molecule has 0 spiro atoms. The Hall–Kier alpha value is -1.43. The number of alkyl halides is 1. The molecule has 0 fully saturated rings. The summed E-state index contributed by atoms with van der Waals surface area (Å²) in [5.74, 6) is -0.614. The number of carbonyl (C=O) groups is 1. The average molecular weight is 455 g/mol. The number of ether oxygens (including phenoxy) is 2. The molecule has 0 saturated carbocycles. The number of carbonyl (C=O) groups excluding carboxylic acids is 1. The van der Waals surface area contributed by atoms with Crippen LogP contribution in [0.2, 0.25) is 0 Å². The molecule has 166 valence electrons. The number of aliphatic hydroxyl groups is 1. The number of hydrogen-bond acceptors (Lipinski definition) is 8. The van der Waals surface area contributed by atoms with Crippen LogP contribution in [0.5, 0.6) is 0 Å². The van der Waals surface area contributed by atoms with Gasteiger partial charge >= 0.3 is 5.97 Å². The van der Waals surface area contributed by atoms with Gasteiger partial charge in [-0.05, 0) is 46.8 Å². The molecule has 1 aromatic rings. The second kappa shape index (κ2) is 11.7. The van der Waals surface area contributed by atoms with E-state index in [1.807, 2.05) is 0 Å². The van der Waals surface area contributed by atoms with Gasteiger partial charge in [0.25, 0.3) is 13.7 Å². The highest BCUT2D eigenvalue weighted by atomic mass is 32.1. The predicted octanol–water partition coefficient (Wildman–Crippen LogP) is 1.74. The molecule has 29 heavy (non-hydrogen) atoms. The van der Waals surface area contributed by atoms with Crippen LogP contribution in [0.15, 0.2) is 11.0 Å². The van der Waals surface area contributed by atoms with Crippen LogP contribution >= 0.6 is 20.4 Å². The van der Waals surface area contributed by atoms with Crippen molar-refractivity contribution >= 4 is 26.4 Å². The van der Waals surface area contributed by atoms with Crippen LogP contribution in [-0.2, 0) is 23.4 Å². The van der Waals surface area contributed by atoms with Gasteiger partial charge in [-0.15, -0.1) is 0 Å². The quantitative estimate of drug-likeness (QED) is 0.259. The SMILES string of the molecule is Cc1cn([C@H](C)OC(CO[PH](=O)N[C@@H](C)C(=O)OC(C)C)[C@@H](O)F)c(=S)[nH]c1=O. The van der Waals surface area contributed by atoms with Gasteiger partial charge in [-0.1, -0.05) is 0 Å². The van der Waals surface area contributed by atoms with Crippen LogP contribution in [-0.4, -0.2) is 51.8 Å². The molecule has 0 saturated heterocycles. The average Bonchev–Trinajstić information content (AvgIpc) is 2.60. The monoisotopic (exact) mass is 455 g/mol. The van der Waals surface area contributed by atoms with Crippen LogP contribution in [0.4, 0.5) is 4.39 Å². The Morgan fingerprint density at radius 3 is 2.59 bits per heavy atom. The Morgan fingerprint density at radius 2 is 2.03 bits per heavy atom. The summed E-state index contributed by atoms with van der Waals surface area (Å²) >= 11 is 5.04. The standard InChI is InChI=1S/C16H27FN3O7PS/c1-8(2)26-15(23)10(4)19-28(24)25-7-12(13(17)21)27-11(5)20-6-9(3)14(22)18-16(20)29/h6,8,10-13,21,28H,7H2,1-5H3,(H,19,24)(H,18,22,29)/t10-,11-,12?,13+/m0/s1. The largest absolute Gasteiger partial charge is 0.462 e. The molecular weight excluding hydrogens is 428 g/mol. The molecule has 0 bridgehead atoms. The highest BCUT2D eigenvalue weighted by Gasteiger charge is 2.25. The highest BCUT2D eigenvalue weighted by Crippen LogP contribution is 2.22. The van der Waals surface area contributed by atoms with E-state index in [9.17, 15) is 23.7 Å². The van der Waals surface area contributed by atoms with E-state index < -0.39 is 45.5 Å². The van der Waals surface area contributed by atoms with Crippen molar-refractivity contribution < 1.29 is 32.9 Å². The zero-order valence-corrected chi connectivity index (χ0v) is 18.6. The number of H-pyrrole nitrogens is 1. The van der Waals surface area contributed by atoms with E-state index in [0.717, 1.165) is 0 Å². The first-order valence-corrected chi connectivity index (χ1v) is 10.6. The number of aromatic amines is 1. The molecule has 0 aliphatic heterocycles. The summed E-state index contributed by atoms with van der Waals surface area (Å²) in [6, 6.07) is -0.903. The summed E-state index contributed by atoms with van der Waals surface area (Å²) in [7, 11) is -2.95. The van der Waals surface area contributed by atoms with Gasteiger partial charge < -0.3 is 19.1 Å². The third-order valence-electron chi connectivity index (χ3n) is 3.63. The van der Waals surface area contributed by atoms with E-state index in [-0.39, 0.29) is 16.4 Å². The lowest BCUT2D eigenvalue weighted by Crippen LogP contribution is -2.35. The van der Waals surface area contributed by atoms with Gasteiger partial charge in [0.2, 0.25) is 6.36 Å². The summed E-state index contributed by atoms with van der Waals surface area (Å²) in [4.78, 5) is 25.7. The molecule has 0 aliphatic rings. The normalized spacial score (nSPS) is 16.8. The molecule has 3 N–H and O–H groups in total. The number of aryl methyl sites for hydroxylation is 1. The minimum atomic E-state index is -2.95. The van der Waals surface area contributed by atoms with E-state index in [1.165, 1.54) is 24.6 Å². The number of esters is 1. The van der Waals surface area contributed by atoms with E-state index in [1.54, 1.807) is 20.8 Å². The molecule has 0 amide bonds. The van der Waals surface area contributed by atoms with Gasteiger partial charge in [0, 0.05) is 11.8 Å². The fourth-order valence-electron chi connectivity index (χ4n) is 2.13. The molecule has 1 rings (SSSR count). The van der Waals surface area contributed by atoms with Crippen molar-refractivity contribution in [3.63, 3.8) is 0 Å². The van der Waals surface area contributed by atoms with Crippen molar-refractivity contribution in [2.75, 3.05) is 6.61 Å². The van der Waals surface area contributed by atoms with Crippen molar-refractivity contribution in [2.24, 2.45) is 0 Å². The van der Waals surface area contributed by atoms with E-state index in [2.05, 4.69) is 10.1 Å². The lowest BCUT2D eigenvalue weighted by atomic mass is 10.3. The van der Waals surface area contributed by atoms with E-state index in [0.29, 0.717) is 5.56 Å². The first-order chi connectivity index (χ1) is 13.4. The maximum Gasteiger partial charge on any atom is 0.323 e. The van der Waals surface area contributed by atoms with Gasteiger partial charge in [0.05, 0.1) is 12.7 Å². The third kappa shape index (κ3) is 8.45. The smallest absolute Gasteiger partial charge is 0.323 e. The minimum absolute atomic E-state index is 0.0499. The maximum atomic E-state index is 13.5. The zero-order chi connectivity index (χ0) is 22.3. The lowest BCUT2D eigenvalue weighted by molar-refractivity contribution is -0.153. The summed E-state index contributed by atoms with van der Waals surface area (Å²) in [5, 5.41) is 11.7. The molecular formula is C16H27FN3O7PS. The first-order valence-electron chi connectivity index (χ1n) is 8.85. The van der Waals surface area contributed by atoms with Crippen molar-refractivity contribution in [1.29, 1.82) is 0 Å². The van der Waals surface area contributed by atoms with Crippen molar-refractivity contribution in [3.8, 4) is 0 Å². The molecule has 13 heteroatoms. The fraction of sp³-hybridized carbons (Fsp3) is 0.688. The first kappa shape index (κ1) is 25.6. The van der Waals surface area contributed by atoms with Gasteiger partial charge in [-0.2, -0.15) is 0 Å². The predicted molar refractivity (Wildman–Crippen MR) is 106 cm³/mol. The third-order valence-corrected chi connectivity index (χ3v) is 5.05. The fourth-order valence-corrected chi connectivity index (χ4v) is 3.29. The van der Waals surface area contributed by atoms with Crippen LogP contribution in [0, 0.1) is 11.7 Å². The van der Waals surface area contributed by atoms with Crippen LogP contribution in [0.3, 0.4) is 0 Å². The highest BCUT2D eigenvalue weighted by molar-refractivity contribution is 7.71. The number of halogens is 1. The summed E-state index contributed by atoms with van der Waals surface area (Å²) in [6.45, 7) is 7.31. The molecule has 0 aromatic carbocycles. The molecule has 5 atom stereocenters. The Balaban J connectivity index is 2.69. The Labute approximate surface area is 173 Å². The Bertz CT molecular complexity index is 829. The number of aromatic nitrogens is 2. The van der Waals surface area contributed by atoms with E-state index in [4.69, 9.17) is 26.2 Å². The number of nitrogens with one attached hydrogen (secondary N) is 2. The minimum Gasteiger partial charge on any atom is -0.462 e. The van der Waals surface area contributed by atoms with E-state index >= 15 is 0 Å². The van der Waals surface area contributed by atoms with Crippen molar-refractivity contribution in [1.82, 2.24) is 14.6 Å². The van der Waals surface area contributed by atoms with Gasteiger partial charge in [-0.25, -0.2) is 9.48 Å². The molecule has 10 nitrogen and oxygen atoms in total. The zero-order valence-electron chi connectivity index (χ0n) is 16.8. The molecule has 1 aromatic heterocycles. The lowest BCUT2D eigenvalue weighted by Gasteiger charge is -2.24.